The summed E-state index contributed by atoms with van der Waals surface area (Å²) in [7, 11) is 6.01. The first-order valence-electron chi connectivity index (χ1n) is 10.1. The van der Waals surface area contributed by atoms with Crippen molar-refractivity contribution in [2.75, 3.05) is 46.8 Å². The van der Waals surface area contributed by atoms with Crippen LogP contribution in [-0.2, 0) is 0 Å². The molecular formula is C22H27N3O7. The number of anilines is 1. The van der Waals surface area contributed by atoms with Crippen LogP contribution in [0.1, 0.15) is 23.2 Å². The first-order valence-corrected chi connectivity index (χ1v) is 10.1. The molecule has 1 amide bonds. The molecule has 0 aromatic heterocycles. The minimum atomic E-state index is -0.459. The van der Waals surface area contributed by atoms with Gasteiger partial charge in [-0.1, -0.05) is 0 Å². The maximum absolute atomic E-state index is 13.1. The van der Waals surface area contributed by atoms with E-state index in [0.29, 0.717) is 47.3 Å². The average Bonchev–Trinajstić information content (AvgIpc) is 2.83. The van der Waals surface area contributed by atoms with Crippen LogP contribution in [0.5, 0.6) is 23.0 Å². The van der Waals surface area contributed by atoms with Gasteiger partial charge in [-0.3, -0.25) is 14.9 Å². The molecule has 1 fully saturated rings. The number of methoxy groups -OCH3 is 4. The Bertz CT molecular complexity index is 962. The van der Waals surface area contributed by atoms with Crippen molar-refractivity contribution < 1.29 is 28.7 Å². The van der Waals surface area contributed by atoms with Crippen molar-refractivity contribution >= 4 is 17.3 Å². The number of nitrogens with zero attached hydrogens (tertiary/aromatic N) is 2. The van der Waals surface area contributed by atoms with Crippen molar-refractivity contribution in [1.82, 2.24) is 4.90 Å². The number of hydrogen-bond donors (Lipinski definition) is 1. The van der Waals surface area contributed by atoms with Gasteiger partial charge in [0.25, 0.3) is 11.6 Å². The van der Waals surface area contributed by atoms with Crippen LogP contribution >= 0.6 is 0 Å². The zero-order valence-corrected chi connectivity index (χ0v) is 18.5. The van der Waals surface area contributed by atoms with Crippen LogP contribution in [0.25, 0.3) is 0 Å². The Morgan fingerprint density at radius 2 is 1.56 bits per heavy atom. The number of nitro benzene ring substituents is 1. The summed E-state index contributed by atoms with van der Waals surface area (Å²) in [5, 5.41) is 14.3. The highest BCUT2D eigenvalue weighted by Gasteiger charge is 2.26. The van der Waals surface area contributed by atoms with Crippen molar-refractivity contribution in [2.45, 2.75) is 18.9 Å². The number of likely N-dealkylation sites (tertiary alicyclic amines) is 1. The van der Waals surface area contributed by atoms with Gasteiger partial charge >= 0.3 is 0 Å². The van der Waals surface area contributed by atoms with Crippen molar-refractivity contribution in [3.05, 3.63) is 46.0 Å². The molecule has 1 heterocycles. The maximum Gasteiger partial charge on any atom is 0.273 e. The Hall–Kier alpha value is -3.69. The third kappa shape index (κ3) is 4.79. The molecule has 1 saturated heterocycles. The van der Waals surface area contributed by atoms with Gasteiger partial charge in [-0.2, -0.15) is 0 Å². The lowest BCUT2D eigenvalue weighted by molar-refractivity contribution is -0.384. The summed E-state index contributed by atoms with van der Waals surface area (Å²) in [6, 6.07) is 7.88. The zero-order valence-electron chi connectivity index (χ0n) is 18.5. The zero-order chi connectivity index (χ0) is 23.3. The summed E-state index contributed by atoms with van der Waals surface area (Å²) in [4.78, 5) is 25.4. The molecule has 32 heavy (non-hydrogen) atoms. The molecule has 0 atom stereocenters. The van der Waals surface area contributed by atoms with Crippen LogP contribution < -0.4 is 24.3 Å². The van der Waals surface area contributed by atoms with E-state index < -0.39 is 4.92 Å². The van der Waals surface area contributed by atoms with Gasteiger partial charge in [0.2, 0.25) is 5.75 Å². The third-order valence-corrected chi connectivity index (χ3v) is 5.45. The lowest BCUT2D eigenvalue weighted by Gasteiger charge is -2.33. The molecule has 0 bridgehead atoms. The predicted octanol–water partition coefficient (Wildman–Crippen LogP) is 3.35. The fourth-order valence-electron chi connectivity index (χ4n) is 3.75. The number of hydrogen-bond acceptors (Lipinski definition) is 8. The summed E-state index contributed by atoms with van der Waals surface area (Å²) < 4.78 is 21.3. The van der Waals surface area contributed by atoms with Crippen molar-refractivity contribution in [1.29, 1.82) is 0 Å². The minimum absolute atomic E-state index is 0.0295. The SMILES string of the molecule is COc1cc([N+](=O)[O-])ccc1NC1CCN(C(=O)c2cc(OC)c(OC)c(OC)c2)CC1. The smallest absolute Gasteiger partial charge is 0.273 e. The van der Waals surface area contributed by atoms with Gasteiger partial charge in [0.1, 0.15) is 5.75 Å². The van der Waals surface area contributed by atoms with Crippen LogP contribution in [0.15, 0.2) is 30.3 Å². The summed E-state index contributed by atoms with van der Waals surface area (Å²) in [5.41, 5.74) is 1.12. The number of benzene rings is 2. The van der Waals surface area contributed by atoms with Crippen LogP contribution in [0, 0.1) is 10.1 Å². The molecule has 3 rings (SSSR count). The van der Waals surface area contributed by atoms with Crippen molar-refractivity contribution in [2.24, 2.45) is 0 Å². The molecule has 1 aliphatic rings. The Labute approximate surface area is 186 Å². The molecule has 0 radical (unpaired) electrons. The molecule has 10 heteroatoms. The van der Waals surface area contributed by atoms with Crippen LogP contribution in [0.3, 0.4) is 0 Å². The van der Waals surface area contributed by atoms with E-state index in [4.69, 9.17) is 18.9 Å². The van der Waals surface area contributed by atoms with E-state index in [0.717, 1.165) is 12.8 Å². The number of nitrogens with one attached hydrogen (secondary N) is 1. The summed E-state index contributed by atoms with van der Waals surface area (Å²) in [5.74, 6) is 1.59. The second kappa shape index (κ2) is 10.1. The van der Waals surface area contributed by atoms with E-state index in [1.54, 1.807) is 23.1 Å². The van der Waals surface area contributed by atoms with E-state index in [9.17, 15) is 14.9 Å². The molecule has 1 aliphatic heterocycles. The number of carbonyl (C=O) groups is 1. The summed E-state index contributed by atoms with van der Waals surface area (Å²) in [6.45, 7) is 1.12. The lowest BCUT2D eigenvalue weighted by atomic mass is 10.0. The minimum Gasteiger partial charge on any atom is -0.494 e. The summed E-state index contributed by atoms with van der Waals surface area (Å²) >= 11 is 0. The van der Waals surface area contributed by atoms with Gasteiger partial charge in [-0.05, 0) is 31.0 Å². The second-order valence-electron chi connectivity index (χ2n) is 7.27. The quantitative estimate of drug-likeness (QED) is 0.486. The van der Waals surface area contributed by atoms with Crippen molar-refractivity contribution in [3.8, 4) is 23.0 Å². The monoisotopic (exact) mass is 445 g/mol. The van der Waals surface area contributed by atoms with E-state index in [2.05, 4.69) is 5.32 Å². The van der Waals surface area contributed by atoms with Gasteiger partial charge in [0, 0.05) is 30.8 Å². The van der Waals surface area contributed by atoms with Crippen LogP contribution in [0.2, 0.25) is 0 Å². The highest BCUT2D eigenvalue weighted by molar-refractivity contribution is 5.95. The predicted molar refractivity (Wildman–Crippen MR) is 118 cm³/mol. The Morgan fingerprint density at radius 1 is 0.969 bits per heavy atom. The molecule has 0 unspecified atom stereocenters. The second-order valence-corrected chi connectivity index (χ2v) is 7.27. The lowest BCUT2D eigenvalue weighted by Crippen LogP contribution is -2.42. The topological polar surface area (TPSA) is 112 Å². The molecule has 0 saturated carbocycles. The first-order chi connectivity index (χ1) is 15.4. The summed E-state index contributed by atoms with van der Waals surface area (Å²) in [6.07, 6.45) is 1.44. The third-order valence-electron chi connectivity index (χ3n) is 5.45. The van der Waals surface area contributed by atoms with E-state index in [1.807, 2.05) is 0 Å². The number of ether oxygens (including phenoxy) is 4. The van der Waals surface area contributed by atoms with Gasteiger partial charge in [-0.25, -0.2) is 0 Å². The molecule has 1 N–H and O–H groups in total. The Balaban J connectivity index is 1.67. The maximum atomic E-state index is 13.1. The molecule has 2 aromatic carbocycles. The van der Waals surface area contributed by atoms with E-state index in [-0.39, 0.29) is 17.6 Å². The molecule has 172 valence electrons. The number of rotatable bonds is 8. The number of carbonyl (C=O) groups excluding carboxylic acids is 1. The van der Waals surface area contributed by atoms with E-state index >= 15 is 0 Å². The largest absolute Gasteiger partial charge is 0.494 e. The first kappa shape index (κ1) is 23.0. The number of piperidine rings is 1. The van der Waals surface area contributed by atoms with Gasteiger partial charge < -0.3 is 29.2 Å². The Morgan fingerprint density at radius 3 is 2.06 bits per heavy atom. The fraction of sp³-hybridized carbons (Fsp3) is 0.409. The number of amides is 1. The molecule has 2 aromatic rings. The fourth-order valence-corrected chi connectivity index (χ4v) is 3.75. The molecular weight excluding hydrogens is 418 g/mol. The Kier molecular flexibility index (Phi) is 7.24. The van der Waals surface area contributed by atoms with E-state index in [1.165, 1.54) is 40.6 Å². The molecule has 0 aliphatic carbocycles. The highest BCUT2D eigenvalue weighted by Crippen LogP contribution is 2.38. The highest BCUT2D eigenvalue weighted by atomic mass is 16.6. The van der Waals surface area contributed by atoms with Gasteiger partial charge in [0.05, 0.1) is 45.1 Å². The number of non-ortho nitro benzene ring substituents is 1. The van der Waals surface area contributed by atoms with Gasteiger partial charge in [0.15, 0.2) is 11.5 Å². The normalized spacial score (nSPS) is 13.9. The van der Waals surface area contributed by atoms with Crippen LogP contribution in [0.4, 0.5) is 11.4 Å². The van der Waals surface area contributed by atoms with Gasteiger partial charge in [-0.15, -0.1) is 0 Å². The molecule has 10 nitrogen and oxygen atoms in total. The number of nitro groups is 1. The van der Waals surface area contributed by atoms with Crippen LogP contribution in [-0.4, -0.2) is 63.3 Å². The van der Waals surface area contributed by atoms with Crippen molar-refractivity contribution in [3.63, 3.8) is 0 Å². The standard InChI is InChI=1S/C22H27N3O7/c1-29-18-13-16(25(27)28)5-6-17(18)23-15-7-9-24(10-8-15)22(26)14-11-19(30-2)21(32-4)20(12-14)31-3/h5-6,11-13,15,23H,7-10H2,1-4H3. The molecule has 0 spiro atoms. The average molecular weight is 445 g/mol.